The summed E-state index contributed by atoms with van der Waals surface area (Å²) >= 11 is 0. The Bertz CT molecular complexity index is 540. The Labute approximate surface area is 103 Å². The second-order valence-electron chi connectivity index (χ2n) is 4.60. The summed E-state index contributed by atoms with van der Waals surface area (Å²) in [5.41, 5.74) is 3.75. The molecule has 1 heteroatoms. The molecule has 0 saturated carbocycles. The lowest BCUT2D eigenvalue weighted by molar-refractivity contribution is 0.794. The van der Waals surface area contributed by atoms with Crippen LogP contribution in [0.4, 0.5) is 0 Å². The van der Waals surface area contributed by atoms with Gasteiger partial charge in [0.2, 0.25) is 0 Å². The van der Waals surface area contributed by atoms with Crippen molar-refractivity contribution in [2.45, 2.75) is 20.3 Å². The van der Waals surface area contributed by atoms with Gasteiger partial charge in [-0.05, 0) is 36.6 Å². The smallest absolute Gasteiger partial charge is 0.0184 e. The molecule has 0 unspecified atom stereocenters. The summed E-state index contributed by atoms with van der Waals surface area (Å²) in [6.07, 6.45) is 1.04. The summed E-state index contributed by atoms with van der Waals surface area (Å²) in [7, 11) is 0. The highest BCUT2D eigenvalue weighted by molar-refractivity contribution is 5.86. The van der Waals surface area contributed by atoms with Crippen molar-refractivity contribution in [1.82, 2.24) is 5.32 Å². The van der Waals surface area contributed by atoms with Crippen LogP contribution < -0.4 is 5.32 Å². The Balaban J connectivity index is 2.27. The second-order valence-corrected chi connectivity index (χ2v) is 4.60. The predicted octanol–water partition coefficient (Wildman–Crippen LogP) is 3.81. The van der Waals surface area contributed by atoms with Crippen molar-refractivity contribution >= 4 is 10.8 Å². The quantitative estimate of drug-likeness (QED) is 0.834. The zero-order valence-corrected chi connectivity index (χ0v) is 10.6. The van der Waals surface area contributed by atoms with Gasteiger partial charge in [0.05, 0.1) is 0 Å². The average Bonchev–Trinajstić information content (AvgIpc) is 2.29. The van der Waals surface area contributed by atoms with Crippen LogP contribution in [0.3, 0.4) is 0 Å². The minimum absolute atomic E-state index is 0.947. The first-order valence-electron chi connectivity index (χ1n) is 6.04. The molecule has 0 fully saturated rings. The average molecular weight is 225 g/mol. The van der Waals surface area contributed by atoms with Gasteiger partial charge in [-0.3, -0.25) is 0 Å². The van der Waals surface area contributed by atoms with E-state index in [-0.39, 0.29) is 0 Å². The van der Waals surface area contributed by atoms with Gasteiger partial charge in [0.15, 0.2) is 0 Å². The highest BCUT2D eigenvalue weighted by Crippen LogP contribution is 2.20. The number of benzene rings is 2. The number of rotatable bonds is 4. The van der Waals surface area contributed by atoms with E-state index in [1.165, 1.54) is 21.9 Å². The monoisotopic (exact) mass is 225 g/mol. The maximum atomic E-state index is 3.85. The molecule has 1 nitrogen and oxygen atoms in total. The molecule has 0 aliphatic heterocycles. The van der Waals surface area contributed by atoms with Crippen LogP contribution in [0.2, 0.25) is 0 Å². The van der Waals surface area contributed by atoms with Gasteiger partial charge < -0.3 is 5.32 Å². The highest BCUT2D eigenvalue weighted by atomic mass is 14.9. The van der Waals surface area contributed by atoms with Crippen molar-refractivity contribution in [1.29, 1.82) is 0 Å². The lowest BCUT2D eigenvalue weighted by Gasteiger charge is -2.09. The first-order valence-corrected chi connectivity index (χ1v) is 6.04. The van der Waals surface area contributed by atoms with Crippen LogP contribution in [-0.4, -0.2) is 6.54 Å². The van der Waals surface area contributed by atoms with Crippen LogP contribution in [-0.2, 0) is 6.42 Å². The number of allylic oxidation sites excluding steroid dienone is 1. The minimum atomic E-state index is 0.947. The highest BCUT2D eigenvalue weighted by Gasteiger charge is 2.00. The zero-order valence-electron chi connectivity index (χ0n) is 10.6. The Morgan fingerprint density at radius 3 is 2.82 bits per heavy atom. The molecule has 0 amide bonds. The molecule has 0 heterocycles. The number of hydrogen-bond acceptors (Lipinski definition) is 1. The van der Waals surface area contributed by atoms with Gasteiger partial charge >= 0.3 is 0 Å². The molecule has 0 aliphatic carbocycles. The van der Waals surface area contributed by atoms with Crippen molar-refractivity contribution < 1.29 is 0 Å². The molecule has 0 aliphatic rings. The maximum Gasteiger partial charge on any atom is 0.0184 e. The summed E-state index contributed by atoms with van der Waals surface area (Å²) in [5.74, 6) is 0. The van der Waals surface area contributed by atoms with Crippen LogP contribution in [0.5, 0.6) is 0 Å². The summed E-state index contributed by atoms with van der Waals surface area (Å²) in [5, 5.41) is 5.97. The van der Waals surface area contributed by atoms with Gasteiger partial charge in [0, 0.05) is 12.2 Å². The summed E-state index contributed by atoms with van der Waals surface area (Å²) < 4.78 is 0. The first-order chi connectivity index (χ1) is 8.16. The van der Waals surface area contributed by atoms with Gasteiger partial charge in [-0.15, -0.1) is 0 Å². The zero-order chi connectivity index (χ0) is 12.3. The minimum Gasteiger partial charge on any atom is -0.389 e. The Morgan fingerprint density at radius 2 is 2.06 bits per heavy atom. The van der Waals surface area contributed by atoms with Crippen molar-refractivity contribution in [2.24, 2.45) is 0 Å². The van der Waals surface area contributed by atoms with E-state index in [9.17, 15) is 0 Å². The third-order valence-corrected chi connectivity index (χ3v) is 2.95. The molecule has 0 radical (unpaired) electrons. The third-order valence-electron chi connectivity index (χ3n) is 2.95. The van der Waals surface area contributed by atoms with Gasteiger partial charge in [-0.1, -0.05) is 48.5 Å². The van der Waals surface area contributed by atoms with E-state index in [0.29, 0.717) is 0 Å². The van der Waals surface area contributed by atoms with E-state index in [2.05, 4.69) is 55.2 Å². The molecule has 2 rings (SSSR count). The normalized spacial score (nSPS) is 10.5. The topological polar surface area (TPSA) is 12.0 Å². The molecular formula is C16H19N. The fourth-order valence-corrected chi connectivity index (χ4v) is 2.08. The van der Waals surface area contributed by atoms with Crippen molar-refractivity contribution in [3.63, 3.8) is 0 Å². The lowest BCUT2D eigenvalue weighted by Crippen LogP contribution is -2.13. The molecule has 0 spiro atoms. The van der Waals surface area contributed by atoms with E-state index in [1.54, 1.807) is 0 Å². The molecule has 0 saturated heterocycles. The summed E-state index contributed by atoms with van der Waals surface area (Å²) in [4.78, 5) is 0. The van der Waals surface area contributed by atoms with Crippen LogP contribution in [0.15, 0.2) is 48.7 Å². The molecule has 17 heavy (non-hydrogen) atoms. The standard InChI is InChI=1S/C16H19N/c1-12(2)17-10-9-15-6-4-5-14-8-7-13(3)11-16(14)15/h4-8,11,17H,1,9-10H2,2-3H3. The van der Waals surface area contributed by atoms with E-state index in [0.717, 1.165) is 18.7 Å². The van der Waals surface area contributed by atoms with Crippen molar-refractivity contribution in [3.8, 4) is 0 Å². The number of nitrogens with one attached hydrogen (secondary N) is 1. The molecule has 0 atom stereocenters. The lowest BCUT2D eigenvalue weighted by atomic mass is 10.0. The fourth-order valence-electron chi connectivity index (χ4n) is 2.08. The van der Waals surface area contributed by atoms with E-state index in [4.69, 9.17) is 0 Å². The summed E-state index contributed by atoms with van der Waals surface area (Å²) in [6.45, 7) is 8.93. The molecule has 1 N–H and O–H groups in total. The van der Waals surface area contributed by atoms with Gasteiger partial charge in [-0.25, -0.2) is 0 Å². The van der Waals surface area contributed by atoms with Gasteiger partial charge in [0.25, 0.3) is 0 Å². The van der Waals surface area contributed by atoms with Crippen LogP contribution in [0, 0.1) is 6.92 Å². The van der Waals surface area contributed by atoms with Crippen LogP contribution >= 0.6 is 0 Å². The van der Waals surface area contributed by atoms with E-state index >= 15 is 0 Å². The Kier molecular flexibility index (Phi) is 3.48. The Morgan fingerprint density at radius 1 is 1.24 bits per heavy atom. The van der Waals surface area contributed by atoms with Gasteiger partial charge in [-0.2, -0.15) is 0 Å². The van der Waals surface area contributed by atoms with E-state index < -0.39 is 0 Å². The summed E-state index contributed by atoms with van der Waals surface area (Å²) in [6, 6.07) is 13.1. The first kappa shape index (κ1) is 11.7. The molecule has 2 aromatic rings. The number of aryl methyl sites for hydroxylation is 1. The molecule has 88 valence electrons. The molecular weight excluding hydrogens is 206 g/mol. The number of fused-ring (bicyclic) bond motifs is 1. The Hall–Kier alpha value is -1.76. The molecule has 2 aromatic carbocycles. The number of hydrogen-bond donors (Lipinski definition) is 1. The van der Waals surface area contributed by atoms with Crippen molar-refractivity contribution in [2.75, 3.05) is 6.54 Å². The fraction of sp³-hybridized carbons (Fsp3) is 0.250. The largest absolute Gasteiger partial charge is 0.389 e. The maximum absolute atomic E-state index is 3.85. The van der Waals surface area contributed by atoms with Crippen molar-refractivity contribution in [3.05, 3.63) is 59.8 Å². The molecule has 0 bridgehead atoms. The third kappa shape index (κ3) is 2.88. The van der Waals surface area contributed by atoms with Crippen LogP contribution in [0.25, 0.3) is 10.8 Å². The SMILES string of the molecule is C=C(C)NCCc1cccc2ccc(C)cc12. The second kappa shape index (κ2) is 5.05. The predicted molar refractivity (Wildman–Crippen MR) is 75.2 cm³/mol. The van der Waals surface area contributed by atoms with E-state index in [1.807, 2.05) is 6.92 Å². The molecule has 0 aromatic heterocycles. The van der Waals surface area contributed by atoms with Gasteiger partial charge in [0.1, 0.15) is 0 Å². The van der Waals surface area contributed by atoms with Crippen LogP contribution in [0.1, 0.15) is 18.1 Å².